The third kappa shape index (κ3) is 6.80. The van der Waals surface area contributed by atoms with Crippen molar-refractivity contribution in [3.05, 3.63) is 18.0 Å². The molecule has 0 aliphatic carbocycles. The fourth-order valence-electron chi connectivity index (χ4n) is 4.84. The number of nitrogens with one attached hydrogen (secondary N) is 1. The lowest BCUT2D eigenvalue weighted by molar-refractivity contribution is -0.162. The van der Waals surface area contributed by atoms with Gasteiger partial charge in [-0.15, -0.1) is 0 Å². The smallest absolute Gasteiger partial charge is 0.419 e. The van der Waals surface area contributed by atoms with Crippen LogP contribution in [-0.2, 0) is 15.7 Å². The van der Waals surface area contributed by atoms with Gasteiger partial charge in [0.25, 0.3) is 0 Å². The second kappa shape index (κ2) is 11.5. The van der Waals surface area contributed by atoms with Gasteiger partial charge in [-0.2, -0.15) is 13.2 Å². The first-order chi connectivity index (χ1) is 15.7. The summed E-state index contributed by atoms with van der Waals surface area (Å²) in [7, 11) is 0. The Morgan fingerprint density at radius 1 is 1.15 bits per heavy atom. The Labute approximate surface area is 194 Å². The van der Waals surface area contributed by atoms with Crippen molar-refractivity contribution in [1.29, 1.82) is 0 Å². The monoisotopic (exact) mass is 470 g/mol. The van der Waals surface area contributed by atoms with E-state index in [2.05, 4.69) is 22.2 Å². The standard InChI is InChI=1S/C24H37F3N4O2/c1-3-4-5-6-7-8-9-18(2)20(32)33-21-23(10-13-28-21)11-14-31(15-12-23)22-29-16-19(17-30-22)24(25,26)27/h16-18,21,28H,3-15H2,1-2H3. The van der Waals surface area contributed by atoms with Crippen molar-refractivity contribution >= 4 is 11.9 Å². The molecule has 33 heavy (non-hydrogen) atoms. The second-order valence-corrected chi connectivity index (χ2v) is 9.60. The summed E-state index contributed by atoms with van der Waals surface area (Å²) in [5.74, 6) is 0.0528. The van der Waals surface area contributed by atoms with E-state index in [-0.39, 0.29) is 23.5 Å². The van der Waals surface area contributed by atoms with Crippen LogP contribution in [0.3, 0.4) is 0 Å². The SMILES string of the molecule is CCCCCCCCC(C)C(=O)OC1NCCC12CCN(c1ncc(C(F)(F)F)cn1)CC2. The minimum atomic E-state index is -4.44. The van der Waals surface area contributed by atoms with Gasteiger partial charge in [0.05, 0.1) is 11.5 Å². The summed E-state index contributed by atoms with van der Waals surface area (Å²) in [5, 5.41) is 3.35. The molecule has 1 N–H and O–H groups in total. The van der Waals surface area contributed by atoms with Crippen LogP contribution in [0.15, 0.2) is 12.4 Å². The second-order valence-electron chi connectivity index (χ2n) is 9.60. The van der Waals surface area contributed by atoms with Gasteiger partial charge in [0.1, 0.15) is 0 Å². The molecule has 186 valence electrons. The van der Waals surface area contributed by atoms with Crippen LogP contribution in [0, 0.1) is 11.3 Å². The number of hydrogen-bond donors (Lipinski definition) is 1. The van der Waals surface area contributed by atoms with Crippen molar-refractivity contribution in [3.63, 3.8) is 0 Å². The van der Waals surface area contributed by atoms with E-state index in [0.29, 0.717) is 19.0 Å². The lowest BCUT2D eigenvalue weighted by atomic mass is 9.76. The summed E-state index contributed by atoms with van der Waals surface area (Å²) in [6.07, 6.45) is 7.42. The zero-order valence-corrected chi connectivity index (χ0v) is 19.8. The lowest BCUT2D eigenvalue weighted by Crippen LogP contribution is -2.49. The number of aromatic nitrogens is 2. The van der Waals surface area contributed by atoms with Crippen molar-refractivity contribution in [2.24, 2.45) is 11.3 Å². The number of alkyl halides is 3. The molecule has 0 saturated carbocycles. The Bertz CT molecular complexity index is 749. The fraction of sp³-hybridized carbons (Fsp3) is 0.792. The zero-order chi connectivity index (χ0) is 23.9. The first-order valence-electron chi connectivity index (χ1n) is 12.3. The minimum Gasteiger partial charge on any atom is -0.446 e. The van der Waals surface area contributed by atoms with Crippen molar-refractivity contribution in [2.45, 2.75) is 90.5 Å². The van der Waals surface area contributed by atoms with Crippen molar-refractivity contribution in [3.8, 4) is 0 Å². The average molecular weight is 471 g/mol. The zero-order valence-electron chi connectivity index (χ0n) is 19.8. The number of unbranched alkanes of at least 4 members (excludes halogenated alkanes) is 5. The molecule has 2 unspecified atom stereocenters. The van der Waals surface area contributed by atoms with Gasteiger partial charge >= 0.3 is 12.1 Å². The van der Waals surface area contributed by atoms with E-state index in [1.165, 1.54) is 25.7 Å². The van der Waals surface area contributed by atoms with E-state index < -0.39 is 11.7 Å². The Balaban J connectivity index is 1.47. The molecular formula is C24H37F3N4O2. The van der Waals surface area contributed by atoms with Crippen molar-refractivity contribution < 1.29 is 22.7 Å². The minimum absolute atomic E-state index is 0.115. The summed E-state index contributed by atoms with van der Waals surface area (Å²) >= 11 is 0. The number of esters is 1. The average Bonchev–Trinajstić information content (AvgIpc) is 3.17. The fourth-order valence-corrected chi connectivity index (χ4v) is 4.84. The number of hydrogen-bond acceptors (Lipinski definition) is 6. The van der Waals surface area contributed by atoms with E-state index in [4.69, 9.17) is 4.74 Å². The van der Waals surface area contributed by atoms with Crippen molar-refractivity contribution in [1.82, 2.24) is 15.3 Å². The number of carbonyl (C=O) groups is 1. The van der Waals surface area contributed by atoms with Gasteiger partial charge in [0.2, 0.25) is 5.95 Å². The third-order valence-corrected chi connectivity index (χ3v) is 7.14. The molecule has 6 nitrogen and oxygen atoms in total. The van der Waals surface area contributed by atoms with E-state index in [9.17, 15) is 18.0 Å². The van der Waals surface area contributed by atoms with Crippen LogP contribution in [0.5, 0.6) is 0 Å². The van der Waals surface area contributed by atoms with E-state index >= 15 is 0 Å². The summed E-state index contributed by atoms with van der Waals surface area (Å²) in [4.78, 5) is 22.5. The summed E-state index contributed by atoms with van der Waals surface area (Å²) < 4.78 is 44.2. The molecule has 2 aliphatic heterocycles. The van der Waals surface area contributed by atoms with Gasteiger partial charge in [-0.1, -0.05) is 52.4 Å². The van der Waals surface area contributed by atoms with Gasteiger partial charge < -0.3 is 9.64 Å². The number of nitrogens with zero attached hydrogens (tertiary/aromatic N) is 3. The molecule has 1 aromatic rings. The van der Waals surface area contributed by atoms with Crippen molar-refractivity contribution in [2.75, 3.05) is 24.5 Å². The van der Waals surface area contributed by atoms with Crippen LogP contribution < -0.4 is 10.2 Å². The molecule has 3 rings (SSSR count). The Kier molecular flexibility index (Phi) is 8.95. The molecule has 2 atom stereocenters. The topological polar surface area (TPSA) is 67.3 Å². The Hall–Kier alpha value is -1.90. The first kappa shape index (κ1) is 25.7. The Morgan fingerprint density at radius 3 is 2.42 bits per heavy atom. The number of anilines is 1. The molecule has 3 heterocycles. The van der Waals surface area contributed by atoms with E-state index in [1.807, 2.05) is 11.8 Å². The molecule has 0 bridgehead atoms. The van der Waals surface area contributed by atoms with Gasteiger partial charge in [0, 0.05) is 30.9 Å². The molecule has 0 radical (unpaired) electrons. The van der Waals surface area contributed by atoms with E-state index in [0.717, 1.165) is 57.5 Å². The summed E-state index contributed by atoms with van der Waals surface area (Å²) in [6.45, 7) is 6.18. The van der Waals surface area contributed by atoms with Crippen LogP contribution in [0.25, 0.3) is 0 Å². The predicted molar refractivity (Wildman–Crippen MR) is 121 cm³/mol. The van der Waals surface area contributed by atoms with Gasteiger partial charge in [0.15, 0.2) is 6.23 Å². The summed E-state index contributed by atoms with van der Waals surface area (Å²) in [6, 6.07) is 0. The quantitative estimate of drug-likeness (QED) is 0.368. The normalized spacial score (nSPS) is 21.4. The van der Waals surface area contributed by atoms with Crippen LogP contribution in [0.1, 0.15) is 83.6 Å². The molecule has 1 spiro atoms. The Morgan fingerprint density at radius 2 is 1.79 bits per heavy atom. The van der Waals surface area contributed by atoms with E-state index in [1.54, 1.807) is 0 Å². The predicted octanol–water partition coefficient (Wildman–Crippen LogP) is 5.33. The third-order valence-electron chi connectivity index (χ3n) is 7.14. The maximum Gasteiger partial charge on any atom is 0.419 e. The highest BCUT2D eigenvalue weighted by Crippen LogP contribution is 2.43. The molecule has 2 saturated heterocycles. The van der Waals surface area contributed by atoms with Crippen LogP contribution in [0.4, 0.5) is 19.1 Å². The highest BCUT2D eigenvalue weighted by atomic mass is 19.4. The van der Waals surface area contributed by atoms with Gasteiger partial charge in [-0.3, -0.25) is 10.1 Å². The van der Waals surface area contributed by atoms with Crippen LogP contribution in [-0.4, -0.2) is 41.8 Å². The van der Waals surface area contributed by atoms with Crippen LogP contribution >= 0.6 is 0 Å². The highest BCUT2D eigenvalue weighted by Gasteiger charge is 2.47. The maximum atomic E-state index is 12.8. The number of carbonyl (C=O) groups excluding carboxylic acids is 1. The maximum absolute atomic E-state index is 12.8. The van der Waals surface area contributed by atoms with Gasteiger partial charge in [-0.25, -0.2) is 9.97 Å². The number of piperidine rings is 1. The lowest BCUT2D eigenvalue weighted by Gasteiger charge is -2.42. The molecule has 0 amide bonds. The summed E-state index contributed by atoms with van der Waals surface area (Å²) in [5.41, 5.74) is -0.987. The molecule has 2 aliphatic rings. The molecule has 9 heteroatoms. The highest BCUT2D eigenvalue weighted by molar-refractivity contribution is 5.72. The number of halogens is 3. The molecule has 0 aromatic carbocycles. The molecular weight excluding hydrogens is 433 g/mol. The first-order valence-corrected chi connectivity index (χ1v) is 12.3. The molecule has 2 fully saturated rings. The van der Waals surface area contributed by atoms with Gasteiger partial charge in [-0.05, 0) is 32.2 Å². The largest absolute Gasteiger partial charge is 0.446 e. The number of ether oxygens (including phenoxy) is 1. The molecule has 1 aromatic heterocycles. The van der Waals surface area contributed by atoms with Crippen LogP contribution in [0.2, 0.25) is 0 Å². The number of rotatable bonds is 10.